The molecule has 42 heavy (non-hydrogen) atoms. The van der Waals surface area contributed by atoms with Crippen molar-refractivity contribution in [3.05, 3.63) is 53.2 Å². The Morgan fingerprint density at radius 3 is 2.67 bits per heavy atom. The molecule has 2 atom stereocenters. The predicted molar refractivity (Wildman–Crippen MR) is 168 cm³/mol. The van der Waals surface area contributed by atoms with E-state index in [1.807, 2.05) is 0 Å². The minimum atomic E-state index is 0.242. The summed E-state index contributed by atoms with van der Waals surface area (Å²) in [7, 11) is 2.19. The Labute approximate surface area is 249 Å². The number of nitrogens with one attached hydrogen (secondary N) is 1. The second-order valence-electron chi connectivity index (χ2n) is 13.2. The first kappa shape index (κ1) is 27.4. The maximum atomic E-state index is 7.30. The molecule has 4 aliphatic rings. The molecular formula is C34H43N7O. The van der Waals surface area contributed by atoms with Crippen LogP contribution in [0.4, 0.5) is 11.5 Å². The van der Waals surface area contributed by atoms with Crippen LogP contribution in [-0.2, 0) is 13.0 Å². The van der Waals surface area contributed by atoms with Gasteiger partial charge in [-0.15, -0.1) is 0 Å². The zero-order chi connectivity index (χ0) is 28.8. The summed E-state index contributed by atoms with van der Waals surface area (Å²) in [6, 6.07) is 16.7. The minimum Gasteiger partial charge on any atom is -0.462 e. The monoisotopic (exact) mass is 565 g/mol. The second kappa shape index (κ2) is 11.0. The van der Waals surface area contributed by atoms with Crippen LogP contribution in [0.25, 0.3) is 10.8 Å². The zero-order valence-corrected chi connectivity index (χ0v) is 25.3. The van der Waals surface area contributed by atoms with Crippen molar-refractivity contribution in [2.24, 2.45) is 16.3 Å². The van der Waals surface area contributed by atoms with E-state index in [9.17, 15) is 0 Å². The first-order chi connectivity index (χ1) is 20.5. The summed E-state index contributed by atoms with van der Waals surface area (Å²) in [5.41, 5.74) is 5.35. The van der Waals surface area contributed by atoms with Gasteiger partial charge in [0, 0.05) is 47.7 Å². The number of ether oxygens (including phenoxy) is 1. The highest BCUT2D eigenvalue weighted by atomic mass is 16.5. The number of nitrogens with zero attached hydrogens (tertiary/aromatic N) is 6. The highest BCUT2D eigenvalue weighted by molar-refractivity contribution is 5.97. The van der Waals surface area contributed by atoms with Crippen molar-refractivity contribution >= 4 is 28.3 Å². The van der Waals surface area contributed by atoms with Crippen LogP contribution in [0.15, 0.2) is 41.4 Å². The number of aliphatic imine (C=N–C) groups is 1. The molecule has 7 rings (SSSR count). The first-order valence-corrected chi connectivity index (χ1v) is 15.8. The van der Waals surface area contributed by atoms with Crippen molar-refractivity contribution in [2.45, 2.75) is 71.0 Å². The van der Waals surface area contributed by atoms with E-state index in [0.717, 1.165) is 57.1 Å². The standard InChI is InChI=1S/C34H43N7O/c1-4-28(36-22-35)25-16-34(17-25)20-41(21-34)32-27-13-15-40(30-12-6-10-24-9-5-8-23(2)31(24)30)18-29(27)37-33(38-32)42-19-26-11-7-14-39(26)3/h5-6,8-10,12,25-26,28,35H,4,7,11,13-21H2,1-3H3/t26-,28?/m0/s1. The number of anilines is 2. The molecule has 1 aromatic heterocycles. The molecule has 3 fully saturated rings. The van der Waals surface area contributed by atoms with Crippen molar-refractivity contribution in [1.29, 1.82) is 5.41 Å². The summed E-state index contributed by atoms with van der Waals surface area (Å²) >= 11 is 0. The van der Waals surface area contributed by atoms with Crippen molar-refractivity contribution in [3.8, 4) is 6.01 Å². The summed E-state index contributed by atoms with van der Waals surface area (Å²) in [5.74, 6) is 1.66. The van der Waals surface area contributed by atoms with E-state index in [2.05, 4.69) is 83.0 Å². The molecule has 8 nitrogen and oxygen atoms in total. The Hall–Kier alpha value is -3.48. The number of likely N-dealkylation sites (tertiary alicyclic amines) is 1. The smallest absolute Gasteiger partial charge is 0.318 e. The van der Waals surface area contributed by atoms with E-state index < -0.39 is 0 Å². The van der Waals surface area contributed by atoms with Crippen LogP contribution in [-0.4, -0.2) is 72.8 Å². The fourth-order valence-corrected chi connectivity index (χ4v) is 8.16. The summed E-state index contributed by atoms with van der Waals surface area (Å²) in [5, 5.41) is 9.92. The fourth-order valence-electron chi connectivity index (χ4n) is 8.16. The van der Waals surface area contributed by atoms with Gasteiger partial charge in [0.1, 0.15) is 12.4 Å². The summed E-state index contributed by atoms with van der Waals surface area (Å²) in [6.07, 6.45) is 6.67. The summed E-state index contributed by atoms with van der Waals surface area (Å²) in [6.45, 7) is 9.93. The number of hydrogen-bond donors (Lipinski definition) is 1. The normalized spacial score (nSPS) is 22.4. The van der Waals surface area contributed by atoms with Crippen LogP contribution in [0.3, 0.4) is 0 Å². The van der Waals surface area contributed by atoms with E-state index in [-0.39, 0.29) is 6.04 Å². The quantitative estimate of drug-likeness (QED) is 0.352. The van der Waals surface area contributed by atoms with Gasteiger partial charge < -0.3 is 19.4 Å². The van der Waals surface area contributed by atoms with E-state index in [1.54, 1.807) is 0 Å². The lowest BCUT2D eigenvalue weighted by molar-refractivity contribution is 0.00935. The molecule has 220 valence electrons. The topological polar surface area (TPSA) is 80.9 Å². The van der Waals surface area contributed by atoms with Gasteiger partial charge in [0.25, 0.3) is 0 Å². The van der Waals surface area contributed by atoms with Gasteiger partial charge in [0.05, 0.1) is 24.3 Å². The molecule has 0 bridgehead atoms. The van der Waals surface area contributed by atoms with Gasteiger partial charge in [-0.25, -0.2) is 10.4 Å². The Morgan fingerprint density at radius 2 is 1.93 bits per heavy atom. The lowest BCUT2D eigenvalue weighted by atomic mass is 9.55. The molecule has 3 aliphatic heterocycles. The SMILES string of the molecule is CCC(N=C=N)C1CC2(C1)CN(c1nc(OC[C@@H]3CCCN3C)nc3c1CCN(c1cccc4cccc(C)c14)C3)C2. The van der Waals surface area contributed by atoms with Gasteiger partial charge in [-0.1, -0.05) is 37.3 Å². The molecule has 2 saturated heterocycles. The molecule has 0 amide bonds. The van der Waals surface area contributed by atoms with Crippen molar-refractivity contribution in [3.63, 3.8) is 0 Å². The van der Waals surface area contributed by atoms with E-state index in [4.69, 9.17) is 20.1 Å². The van der Waals surface area contributed by atoms with Crippen molar-refractivity contribution in [2.75, 3.05) is 49.6 Å². The van der Waals surface area contributed by atoms with Crippen LogP contribution in [0.2, 0.25) is 0 Å². The number of likely N-dealkylation sites (N-methyl/N-ethyl adjacent to an activating group) is 1. The number of hydrogen-bond acceptors (Lipinski definition) is 8. The van der Waals surface area contributed by atoms with Gasteiger partial charge in [-0.3, -0.25) is 0 Å². The summed E-state index contributed by atoms with van der Waals surface area (Å²) in [4.78, 5) is 21.8. The lowest BCUT2D eigenvalue weighted by Crippen LogP contribution is -2.64. The average molecular weight is 566 g/mol. The number of benzene rings is 2. The van der Waals surface area contributed by atoms with E-state index in [0.29, 0.717) is 30.0 Å². The Balaban J connectivity index is 1.15. The van der Waals surface area contributed by atoms with Crippen molar-refractivity contribution in [1.82, 2.24) is 14.9 Å². The maximum Gasteiger partial charge on any atom is 0.318 e. The van der Waals surface area contributed by atoms with E-state index in [1.165, 1.54) is 53.3 Å². The largest absolute Gasteiger partial charge is 0.462 e. The van der Waals surface area contributed by atoms with Gasteiger partial charge in [0.2, 0.25) is 0 Å². The Bertz CT molecular complexity index is 1510. The molecule has 1 aliphatic carbocycles. The molecule has 4 heterocycles. The number of rotatable bonds is 8. The highest BCUT2D eigenvalue weighted by Gasteiger charge is 2.54. The third-order valence-corrected chi connectivity index (χ3v) is 10.5. The van der Waals surface area contributed by atoms with Gasteiger partial charge >= 0.3 is 6.01 Å². The van der Waals surface area contributed by atoms with Crippen LogP contribution in [0, 0.1) is 23.7 Å². The number of fused-ring (bicyclic) bond motifs is 2. The Morgan fingerprint density at radius 1 is 1.12 bits per heavy atom. The molecule has 1 saturated carbocycles. The molecule has 3 aromatic rings. The summed E-state index contributed by atoms with van der Waals surface area (Å²) < 4.78 is 6.35. The van der Waals surface area contributed by atoms with Crippen LogP contribution >= 0.6 is 0 Å². The third kappa shape index (κ3) is 4.84. The van der Waals surface area contributed by atoms with Crippen LogP contribution in [0.5, 0.6) is 6.01 Å². The van der Waals surface area contributed by atoms with Gasteiger partial charge in [0.15, 0.2) is 0 Å². The molecule has 1 unspecified atom stereocenters. The molecule has 0 radical (unpaired) electrons. The minimum absolute atomic E-state index is 0.242. The molecule has 1 N–H and O–H groups in total. The van der Waals surface area contributed by atoms with Crippen LogP contribution < -0.4 is 14.5 Å². The number of aryl methyl sites for hydroxylation is 1. The second-order valence-corrected chi connectivity index (χ2v) is 13.2. The lowest BCUT2D eigenvalue weighted by Gasteiger charge is -2.60. The molecular weight excluding hydrogens is 522 g/mol. The third-order valence-electron chi connectivity index (χ3n) is 10.5. The Kier molecular flexibility index (Phi) is 7.15. The maximum absolute atomic E-state index is 7.30. The first-order valence-electron chi connectivity index (χ1n) is 15.8. The molecule has 1 spiro atoms. The average Bonchev–Trinajstić information content (AvgIpc) is 3.37. The zero-order valence-electron chi connectivity index (χ0n) is 25.3. The molecule has 2 aromatic carbocycles. The van der Waals surface area contributed by atoms with Crippen molar-refractivity contribution < 1.29 is 4.74 Å². The molecule has 8 heteroatoms. The number of aromatic nitrogens is 2. The van der Waals surface area contributed by atoms with Gasteiger partial charge in [-0.2, -0.15) is 9.97 Å². The highest BCUT2D eigenvalue weighted by Crippen LogP contribution is 2.55. The van der Waals surface area contributed by atoms with E-state index >= 15 is 0 Å². The van der Waals surface area contributed by atoms with Crippen LogP contribution in [0.1, 0.15) is 55.8 Å². The predicted octanol–water partition coefficient (Wildman–Crippen LogP) is 5.72. The van der Waals surface area contributed by atoms with Gasteiger partial charge in [-0.05, 0) is 82.0 Å². The fraction of sp³-hybridized carbons (Fsp3) is 0.559.